The summed E-state index contributed by atoms with van der Waals surface area (Å²) in [5, 5.41) is 13.2. The standard InChI is InChI=1S/C20H25O3/c1-12(2)13-7-8-14-15(11-13)19(22)16(21)20(23-19)17(3,4)9-6-10-18(14,20)5/h7-8,11-12H,6,9-10H2,1-5H3/q-1/t18-,19+,20-/m1/s1. The molecule has 1 aromatic rings. The van der Waals surface area contributed by atoms with Crippen molar-refractivity contribution in [3.8, 4) is 0 Å². The van der Waals surface area contributed by atoms with E-state index >= 15 is 0 Å². The number of carbonyl (C=O) groups is 1. The quantitative estimate of drug-likeness (QED) is 0.800. The van der Waals surface area contributed by atoms with Gasteiger partial charge in [-0.05, 0) is 35.4 Å². The van der Waals surface area contributed by atoms with Crippen LogP contribution >= 0.6 is 0 Å². The molecular formula is C20H25O3-. The summed E-state index contributed by atoms with van der Waals surface area (Å²) in [4.78, 5) is 13.1. The van der Waals surface area contributed by atoms with E-state index in [1.54, 1.807) is 0 Å². The Kier molecular flexibility index (Phi) is 2.71. The molecule has 1 aromatic carbocycles. The van der Waals surface area contributed by atoms with Crippen molar-refractivity contribution in [3.05, 3.63) is 34.9 Å². The van der Waals surface area contributed by atoms with E-state index in [9.17, 15) is 9.90 Å². The number of benzene rings is 1. The Balaban J connectivity index is 2.01. The van der Waals surface area contributed by atoms with Gasteiger partial charge >= 0.3 is 0 Å². The van der Waals surface area contributed by atoms with Gasteiger partial charge in [-0.25, -0.2) is 0 Å². The lowest BCUT2D eigenvalue weighted by molar-refractivity contribution is -0.599. The molecule has 2 bridgehead atoms. The Hall–Kier alpha value is -1.19. The topological polar surface area (TPSA) is 49.4 Å². The van der Waals surface area contributed by atoms with Crippen LogP contribution in [0.1, 0.15) is 76.5 Å². The van der Waals surface area contributed by atoms with Gasteiger partial charge in [-0.3, -0.25) is 4.79 Å². The van der Waals surface area contributed by atoms with Gasteiger partial charge < -0.3 is 9.84 Å². The number of hydrogen-bond donors (Lipinski definition) is 0. The summed E-state index contributed by atoms with van der Waals surface area (Å²) in [5.41, 5.74) is 1.04. The van der Waals surface area contributed by atoms with Gasteiger partial charge in [-0.2, -0.15) is 0 Å². The summed E-state index contributed by atoms with van der Waals surface area (Å²) in [5.74, 6) is -1.92. The molecular weight excluding hydrogens is 288 g/mol. The van der Waals surface area contributed by atoms with Crippen LogP contribution in [0.5, 0.6) is 0 Å². The number of Topliss-reactive ketones (excluding diaryl/α,β-unsaturated/α-hetero) is 1. The Labute approximate surface area is 138 Å². The lowest BCUT2D eigenvalue weighted by Crippen LogP contribution is -2.87. The molecule has 0 radical (unpaired) electrons. The summed E-state index contributed by atoms with van der Waals surface area (Å²) in [6.45, 7) is 10.5. The molecule has 3 nitrogen and oxygen atoms in total. The van der Waals surface area contributed by atoms with Gasteiger partial charge in [0, 0.05) is 10.8 Å². The van der Waals surface area contributed by atoms with Crippen LogP contribution in [0.3, 0.4) is 0 Å². The molecule has 0 aromatic heterocycles. The zero-order valence-electron chi connectivity index (χ0n) is 14.7. The van der Waals surface area contributed by atoms with E-state index in [2.05, 4.69) is 46.8 Å². The molecule has 2 fully saturated rings. The molecule has 1 saturated heterocycles. The number of ether oxygens (including phenoxy) is 1. The predicted octanol–water partition coefficient (Wildman–Crippen LogP) is 3.14. The van der Waals surface area contributed by atoms with Crippen LogP contribution in [-0.4, -0.2) is 11.4 Å². The second kappa shape index (κ2) is 4.07. The molecule has 0 amide bonds. The minimum atomic E-state index is -1.99. The van der Waals surface area contributed by atoms with Crippen LogP contribution in [0, 0.1) is 5.41 Å². The van der Waals surface area contributed by atoms with E-state index in [1.165, 1.54) is 0 Å². The summed E-state index contributed by atoms with van der Waals surface area (Å²) in [7, 11) is 0. The van der Waals surface area contributed by atoms with Crippen LogP contribution in [0.15, 0.2) is 18.2 Å². The van der Waals surface area contributed by atoms with E-state index in [0.29, 0.717) is 11.5 Å². The lowest BCUT2D eigenvalue weighted by Gasteiger charge is -2.75. The molecule has 1 spiro atoms. The highest BCUT2D eigenvalue weighted by atomic mass is 16.7. The third-order valence-corrected chi connectivity index (χ3v) is 6.78. The Bertz CT molecular complexity index is 720. The van der Waals surface area contributed by atoms with Crippen molar-refractivity contribution >= 4 is 5.78 Å². The van der Waals surface area contributed by atoms with Gasteiger partial charge in [0.25, 0.3) is 0 Å². The highest BCUT2D eigenvalue weighted by Gasteiger charge is 2.78. The predicted molar refractivity (Wildman–Crippen MR) is 86.0 cm³/mol. The second-order valence-corrected chi connectivity index (χ2v) is 8.76. The minimum Gasteiger partial charge on any atom is -0.819 e. The first-order valence-electron chi connectivity index (χ1n) is 8.71. The first kappa shape index (κ1) is 15.3. The Morgan fingerprint density at radius 2 is 1.83 bits per heavy atom. The fourth-order valence-electron chi connectivity index (χ4n) is 5.46. The highest BCUT2D eigenvalue weighted by molar-refractivity contribution is 6.03. The average Bonchev–Trinajstić information content (AvgIpc) is 2.48. The summed E-state index contributed by atoms with van der Waals surface area (Å²) >= 11 is 0. The van der Waals surface area contributed by atoms with Gasteiger partial charge in [0.15, 0.2) is 5.78 Å². The third-order valence-electron chi connectivity index (χ3n) is 6.78. The molecule has 3 atom stereocenters. The molecule has 0 N–H and O–H groups in total. The summed E-state index contributed by atoms with van der Waals surface area (Å²) in [6.07, 6.45) is 2.87. The molecule has 4 aliphatic rings. The first-order valence-corrected chi connectivity index (χ1v) is 8.71. The molecule has 1 saturated carbocycles. The van der Waals surface area contributed by atoms with Gasteiger partial charge in [0.05, 0.1) is 5.79 Å². The fraction of sp³-hybridized carbons (Fsp3) is 0.650. The van der Waals surface area contributed by atoms with Crippen LogP contribution < -0.4 is 5.11 Å². The van der Waals surface area contributed by atoms with Crippen LogP contribution in [-0.2, 0) is 20.7 Å². The molecule has 5 rings (SSSR count). The maximum atomic E-state index is 13.2. The molecule has 124 valence electrons. The molecule has 2 aliphatic carbocycles. The number of carbonyl (C=O) groups excluding carboxylic acids is 1. The van der Waals surface area contributed by atoms with Crippen molar-refractivity contribution < 1.29 is 14.6 Å². The van der Waals surface area contributed by atoms with Crippen LogP contribution in [0.25, 0.3) is 0 Å². The summed E-state index contributed by atoms with van der Waals surface area (Å²) in [6, 6.07) is 6.12. The molecule has 2 aliphatic heterocycles. The van der Waals surface area contributed by atoms with Crippen molar-refractivity contribution in [2.24, 2.45) is 5.41 Å². The van der Waals surface area contributed by atoms with E-state index in [0.717, 1.165) is 30.4 Å². The monoisotopic (exact) mass is 313 g/mol. The van der Waals surface area contributed by atoms with Crippen LogP contribution in [0.4, 0.5) is 0 Å². The van der Waals surface area contributed by atoms with E-state index in [4.69, 9.17) is 4.74 Å². The Morgan fingerprint density at radius 3 is 2.43 bits per heavy atom. The zero-order valence-corrected chi connectivity index (χ0v) is 14.7. The van der Waals surface area contributed by atoms with E-state index in [1.807, 2.05) is 6.07 Å². The molecule has 3 heteroatoms. The van der Waals surface area contributed by atoms with Gasteiger partial charge in [-0.15, -0.1) is 0 Å². The summed E-state index contributed by atoms with van der Waals surface area (Å²) < 4.78 is 6.04. The van der Waals surface area contributed by atoms with Gasteiger partial charge in [-0.1, -0.05) is 59.2 Å². The number of rotatable bonds is 1. The second-order valence-electron chi connectivity index (χ2n) is 8.76. The van der Waals surface area contributed by atoms with E-state index < -0.39 is 16.8 Å². The SMILES string of the molecule is CC(C)c1ccc2c(c1)[C@]1([O-])O[C@]3(C1=O)C(C)(C)CCC[C@]23C. The maximum Gasteiger partial charge on any atom is 0.186 e. The average molecular weight is 313 g/mol. The van der Waals surface area contributed by atoms with Gasteiger partial charge in [0.2, 0.25) is 0 Å². The van der Waals surface area contributed by atoms with Crippen molar-refractivity contribution in [1.82, 2.24) is 0 Å². The molecule has 0 unspecified atom stereocenters. The Morgan fingerprint density at radius 1 is 1.13 bits per heavy atom. The number of hydrogen-bond acceptors (Lipinski definition) is 3. The first-order chi connectivity index (χ1) is 10.6. The van der Waals surface area contributed by atoms with E-state index in [-0.39, 0.29) is 11.2 Å². The maximum absolute atomic E-state index is 13.2. The van der Waals surface area contributed by atoms with Crippen molar-refractivity contribution in [1.29, 1.82) is 0 Å². The van der Waals surface area contributed by atoms with Crippen molar-refractivity contribution in [3.63, 3.8) is 0 Å². The lowest BCUT2D eigenvalue weighted by atomic mass is 9.43. The zero-order chi connectivity index (χ0) is 16.8. The molecule has 2 heterocycles. The van der Waals surface area contributed by atoms with Crippen molar-refractivity contribution in [2.75, 3.05) is 0 Å². The largest absolute Gasteiger partial charge is 0.819 e. The fourth-order valence-corrected chi connectivity index (χ4v) is 5.46. The minimum absolute atomic E-state index is 0.245. The van der Waals surface area contributed by atoms with Gasteiger partial charge in [0.1, 0.15) is 5.60 Å². The smallest absolute Gasteiger partial charge is 0.186 e. The normalized spacial score (nSPS) is 40.4. The number of ketones is 1. The third kappa shape index (κ3) is 1.43. The molecule has 23 heavy (non-hydrogen) atoms. The van der Waals surface area contributed by atoms with Crippen molar-refractivity contribution in [2.45, 2.75) is 76.6 Å². The van der Waals surface area contributed by atoms with Crippen LogP contribution in [0.2, 0.25) is 0 Å². The highest BCUT2D eigenvalue weighted by Crippen LogP contribution is 2.69.